The van der Waals surface area contributed by atoms with Crippen molar-refractivity contribution >= 4 is 24.8 Å². The lowest BCUT2D eigenvalue weighted by molar-refractivity contribution is 0.865. The maximum absolute atomic E-state index is 6.15. The third-order valence-corrected chi connectivity index (χ3v) is 2.64. The molecule has 1 atom stereocenters. The maximum Gasteiger partial charge on any atom is 0.0552 e. The SMILES string of the molecule is Cl.Cl.NCc1ccc(C(N)c2ccncc2)cc1. The summed E-state index contributed by atoms with van der Waals surface area (Å²) in [6.07, 6.45) is 3.51. The van der Waals surface area contributed by atoms with Crippen molar-refractivity contribution in [3.8, 4) is 0 Å². The highest BCUT2D eigenvalue weighted by molar-refractivity contribution is 5.85. The first-order valence-electron chi connectivity index (χ1n) is 5.25. The van der Waals surface area contributed by atoms with Gasteiger partial charge in [-0.25, -0.2) is 0 Å². The van der Waals surface area contributed by atoms with Gasteiger partial charge in [0.25, 0.3) is 0 Å². The Labute approximate surface area is 119 Å². The van der Waals surface area contributed by atoms with Crippen LogP contribution < -0.4 is 11.5 Å². The van der Waals surface area contributed by atoms with Gasteiger partial charge in [0.15, 0.2) is 0 Å². The van der Waals surface area contributed by atoms with E-state index in [4.69, 9.17) is 11.5 Å². The van der Waals surface area contributed by atoms with Gasteiger partial charge in [0, 0.05) is 18.9 Å². The van der Waals surface area contributed by atoms with Gasteiger partial charge >= 0.3 is 0 Å². The molecule has 1 aromatic carbocycles. The van der Waals surface area contributed by atoms with Crippen LogP contribution >= 0.6 is 24.8 Å². The highest BCUT2D eigenvalue weighted by Crippen LogP contribution is 2.18. The van der Waals surface area contributed by atoms with Crippen molar-refractivity contribution in [2.75, 3.05) is 0 Å². The summed E-state index contributed by atoms with van der Waals surface area (Å²) in [5, 5.41) is 0. The molecule has 0 spiro atoms. The van der Waals surface area contributed by atoms with E-state index in [1.54, 1.807) is 12.4 Å². The van der Waals surface area contributed by atoms with Crippen LogP contribution in [0.15, 0.2) is 48.8 Å². The van der Waals surface area contributed by atoms with E-state index in [1.165, 1.54) is 0 Å². The normalized spacial score (nSPS) is 11.0. The summed E-state index contributed by atoms with van der Waals surface area (Å²) in [6, 6.07) is 11.8. The fraction of sp³-hybridized carbons (Fsp3) is 0.154. The van der Waals surface area contributed by atoms with Gasteiger partial charge in [-0.2, -0.15) is 0 Å². The number of hydrogen-bond acceptors (Lipinski definition) is 3. The number of halogens is 2. The predicted molar refractivity (Wildman–Crippen MR) is 79.1 cm³/mol. The summed E-state index contributed by atoms with van der Waals surface area (Å²) in [5.41, 5.74) is 15.0. The highest BCUT2D eigenvalue weighted by Gasteiger charge is 2.07. The Morgan fingerprint density at radius 2 is 1.39 bits per heavy atom. The Bertz CT molecular complexity index is 446. The zero-order chi connectivity index (χ0) is 11.4. The fourth-order valence-corrected chi connectivity index (χ4v) is 1.62. The first-order chi connectivity index (χ1) is 7.81. The minimum absolute atomic E-state index is 0. The van der Waals surface area contributed by atoms with Gasteiger partial charge in [-0.3, -0.25) is 4.98 Å². The molecule has 2 aromatic rings. The molecule has 98 valence electrons. The number of aromatic nitrogens is 1. The number of pyridine rings is 1. The lowest BCUT2D eigenvalue weighted by atomic mass is 9.99. The molecule has 2 rings (SSSR count). The van der Waals surface area contributed by atoms with Crippen LogP contribution in [-0.4, -0.2) is 4.98 Å². The molecule has 0 fully saturated rings. The van der Waals surface area contributed by atoms with Crippen LogP contribution in [-0.2, 0) is 6.54 Å². The Morgan fingerprint density at radius 1 is 0.889 bits per heavy atom. The molecule has 0 aliphatic heterocycles. The summed E-state index contributed by atoms with van der Waals surface area (Å²) in [6.45, 7) is 0.560. The van der Waals surface area contributed by atoms with Crippen LogP contribution in [0.25, 0.3) is 0 Å². The Kier molecular flexibility index (Phi) is 7.55. The third-order valence-electron chi connectivity index (χ3n) is 2.64. The largest absolute Gasteiger partial charge is 0.326 e. The van der Waals surface area contributed by atoms with Gasteiger partial charge in [-0.15, -0.1) is 24.8 Å². The van der Waals surface area contributed by atoms with E-state index in [9.17, 15) is 0 Å². The molecule has 0 amide bonds. The molecule has 0 aliphatic carbocycles. The number of hydrogen-bond donors (Lipinski definition) is 2. The third kappa shape index (κ3) is 3.96. The zero-order valence-corrected chi connectivity index (χ0v) is 11.5. The van der Waals surface area contributed by atoms with Gasteiger partial charge in [-0.05, 0) is 28.8 Å². The van der Waals surface area contributed by atoms with E-state index in [0.29, 0.717) is 6.54 Å². The van der Waals surface area contributed by atoms with Crippen molar-refractivity contribution in [2.45, 2.75) is 12.6 Å². The highest BCUT2D eigenvalue weighted by atomic mass is 35.5. The molecule has 1 unspecified atom stereocenters. The van der Waals surface area contributed by atoms with Crippen molar-refractivity contribution in [1.82, 2.24) is 4.98 Å². The molecular weight excluding hydrogens is 269 g/mol. The maximum atomic E-state index is 6.15. The first kappa shape index (κ1) is 16.9. The topological polar surface area (TPSA) is 64.9 Å². The van der Waals surface area contributed by atoms with Gasteiger partial charge in [0.05, 0.1) is 6.04 Å². The molecule has 0 saturated carbocycles. The Hall–Kier alpha value is -1.13. The molecule has 4 N–H and O–H groups in total. The zero-order valence-electron chi connectivity index (χ0n) is 9.82. The molecule has 18 heavy (non-hydrogen) atoms. The molecule has 5 heteroatoms. The molecule has 1 heterocycles. The van der Waals surface area contributed by atoms with Crippen LogP contribution in [0.2, 0.25) is 0 Å². The van der Waals surface area contributed by atoms with Crippen LogP contribution in [0.1, 0.15) is 22.7 Å². The molecule has 3 nitrogen and oxygen atoms in total. The van der Waals surface area contributed by atoms with Crippen LogP contribution in [0.4, 0.5) is 0 Å². The van der Waals surface area contributed by atoms with Crippen LogP contribution in [0.3, 0.4) is 0 Å². The second kappa shape index (κ2) is 8.06. The number of benzene rings is 1. The molecule has 1 aromatic heterocycles. The van der Waals surface area contributed by atoms with E-state index in [-0.39, 0.29) is 30.9 Å². The monoisotopic (exact) mass is 285 g/mol. The minimum Gasteiger partial charge on any atom is -0.326 e. The summed E-state index contributed by atoms with van der Waals surface area (Å²) in [4.78, 5) is 3.98. The minimum atomic E-state index is -0.102. The molecule has 0 radical (unpaired) electrons. The summed E-state index contributed by atoms with van der Waals surface area (Å²) in [5.74, 6) is 0. The van der Waals surface area contributed by atoms with Crippen molar-refractivity contribution in [2.24, 2.45) is 11.5 Å². The number of rotatable bonds is 3. The second-order valence-corrected chi connectivity index (χ2v) is 3.70. The van der Waals surface area contributed by atoms with Crippen LogP contribution in [0.5, 0.6) is 0 Å². The summed E-state index contributed by atoms with van der Waals surface area (Å²) < 4.78 is 0. The van der Waals surface area contributed by atoms with Gasteiger partial charge in [0.2, 0.25) is 0 Å². The van der Waals surface area contributed by atoms with Crippen molar-refractivity contribution in [3.63, 3.8) is 0 Å². The average Bonchev–Trinajstić information content (AvgIpc) is 2.39. The van der Waals surface area contributed by atoms with E-state index < -0.39 is 0 Å². The lowest BCUT2D eigenvalue weighted by Gasteiger charge is -2.12. The number of nitrogens with two attached hydrogens (primary N) is 2. The average molecular weight is 286 g/mol. The van der Waals surface area contributed by atoms with Gasteiger partial charge in [0.1, 0.15) is 0 Å². The fourth-order valence-electron chi connectivity index (χ4n) is 1.62. The van der Waals surface area contributed by atoms with E-state index in [2.05, 4.69) is 4.98 Å². The standard InChI is InChI=1S/C13H15N3.2ClH/c14-9-10-1-3-11(4-2-10)13(15)12-5-7-16-8-6-12;;/h1-8,13H,9,14-15H2;2*1H. The first-order valence-corrected chi connectivity index (χ1v) is 5.25. The van der Waals surface area contributed by atoms with E-state index >= 15 is 0 Å². The summed E-state index contributed by atoms with van der Waals surface area (Å²) >= 11 is 0. The van der Waals surface area contributed by atoms with Crippen molar-refractivity contribution in [1.29, 1.82) is 0 Å². The Balaban J connectivity index is 0.00000144. The van der Waals surface area contributed by atoms with Crippen LogP contribution in [0, 0.1) is 0 Å². The molecule has 0 aliphatic rings. The Morgan fingerprint density at radius 3 is 1.89 bits per heavy atom. The smallest absolute Gasteiger partial charge is 0.0552 e. The predicted octanol–water partition coefficient (Wildman–Crippen LogP) is 2.43. The second-order valence-electron chi connectivity index (χ2n) is 3.70. The quantitative estimate of drug-likeness (QED) is 0.910. The van der Waals surface area contributed by atoms with E-state index in [0.717, 1.165) is 16.7 Å². The number of nitrogens with zero attached hydrogens (tertiary/aromatic N) is 1. The molecular formula is C13H17Cl2N3. The van der Waals surface area contributed by atoms with E-state index in [1.807, 2.05) is 36.4 Å². The molecule has 0 bridgehead atoms. The van der Waals surface area contributed by atoms with Gasteiger partial charge in [-0.1, -0.05) is 24.3 Å². The van der Waals surface area contributed by atoms with Crippen molar-refractivity contribution in [3.05, 3.63) is 65.5 Å². The summed E-state index contributed by atoms with van der Waals surface area (Å²) in [7, 11) is 0. The lowest BCUT2D eigenvalue weighted by Crippen LogP contribution is -2.11. The van der Waals surface area contributed by atoms with Gasteiger partial charge < -0.3 is 11.5 Å². The van der Waals surface area contributed by atoms with Crippen molar-refractivity contribution < 1.29 is 0 Å². The molecule has 0 saturated heterocycles.